The van der Waals surface area contributed by atoms with Gasteiger partial charge in [0.05, 0.1) is 23.6 Å². The number of aliphatic hydroxyl groups excluding tert-OH is 1. The fourth-order valence-electron chi connectivity index (χ4n) is 3.36. The van der Waals surface area contributed by atoms with Crippen molar-refractivity contribution in [3.05, 3.63) is 86.9 Å². The number of nitrogens with zero attached hydrogens (tertiary/aromatic N) is 3. The summed E-state index contributed by atoms with van der Waals surface area (Å²) >= 11 is 1.18. The van der Waals surface area contributed by atoms with E-state index in [1.807, 2.05) is 0 Å². The Bertz CT molecular complexity index is 1190. The van der Waals surface area contributed by atoms with Gasteiger partial charge in [-0.15, -0.1) is 11.3 Å². The summed E-state index contributed by atoms with van der Waals surface area (Å²) in [5.41, 5.74) is 0.464. The molecule has 0 saturated carbocycles. The summed E-state index contributed by atoms with van der Waals surface area (Å²) in [6, 6.07) is 10.9. The molecule has 10 heteroatoms. The van der Waals surface area contributed by atoms with Crippen LogP contribution in [0.3, 0.4) is 0 Å². The summed E-state index contributed by atoms with van der Waals surface area (Å²) in [6.07, 6.45) is 1.51. The van der Waals surface area contributed by atoms with Crippen LogP contribution in [0.5, 0.6) is 5.75 Å². The van der Waals surface area contributed by atoms with Gasteiger partial charge in [0.2, 0.25) is 0 Å². The first-order chi connectivity index (χ1) is 14.9. The molecule has 1 saturated heterocycles. The zero-order chi connectivity index (χ0) is 22.1. The van der Waals surface area contributed by atoms with E-state index in [9.17, 15) is 24.8 Å². The summed E-state index contributed by atoms with van der Waals surface area (Å²) < 4.78 is 5.17. The number of ketones is 1. The van der Waals surface area contributed by atoms with Crippen LogP contribution in [-0.2, 0) is 9.59 Å². The van der Waals surface area contributed by atoms with Crippen molar-refractivity contribution in [3.63, 3.8) is 0 Å². The monoisotopic (exact) mass is 437 g/mol. The fraction of sp³-hybridized carbons (Fsp3) is 0.0952. The second-order valence-corrected chi connectivity index (χ2v) is 7.43. The first-order valence-corrected chi connectivity index (χ1v) is 9.89. The summed E-state index contributed by atoms with van der Waals surface area (Å²) in [6.45, 7) is 0. The number of anilines is 1. The van der Waals surface area contributed by atoms with Gasteiger partial charge in [-0.2, -0.15) is 0 Å². The van der Waals surface area contributed by atoms with Crippen LogP contribution >= 0.6 is 11.3 Å². The maximum absolute atomic E-state index is 12.9. The molecule has 0 aliphatic carbocycles. The molecule has 31 heavy (non-hydrogen) atoms. The number of carbonyl (C=O) groups is 2. The molecule has 2 heterocycles. The Kier molecular flexibility index (Phi) is 5.22. The number of methoxy groups -OCH3 is 1. The van der Waals surface area contributed by atoms with Gasteiger partial charge in [0.25, 0.3) is 11.5 Å². The minimum Gasteiger partial charge on any atom is -0.507 e. The molecule has 1 amide bonds. The number of benzene rings is 2. The fourth-order valence-corrected chi connectivity index (χ4v) is 4.03. The van der Waals surface area contributed by atoms with Gasteiger partial charge in [0.1, 0.15) is 11.5 Å². The molecule has 9 nitrogen and oxygen atoms in total. The molecule has 1 aliphatic heterocycles. The molecule has 1 N–H and O–H groups in total. The van der Waals surface area contributed by atoms with Gasteiger partial charge in [-0.25, -0.2) is 4.98 Å². The Balaban J connectivity index is 1.88. The Morgan fingerprint density at radius 2 is 1.84 bits per heavy atom. The van der Waals surface area contributed by atoms with Crippen LogP contribution in [0.1, 0.15) is 17.2 Å². The number of hydrogen-bond acceptors (Lipinski definition) is 8. The van der Waals surface area contributed by atoms with Crippen molar-refractivity contribution in [2.45, 2.75) is 6.04 Å². The molecule has 1 fully saturated rings. The summed E-state index contributed by atoms with van der Waals surface area (Å²) in [7, 11) is 1.52. The highest BCUT2D eigenvalue weighted by Crippen LogP contribution is 2.43. The van der Waals surface area contributed by atoms with Gasteiger partial charge in [0, 0.05) is 29.3 Å². The largest absolute Gasteiger partial charge is 0.507 e. The first kappa shape index (κ1) is 20.2. The predicted molar refractivity (Wildman–Crippen MR) is 113 cm³/mol. The van der Waals surface area contributed by atoms with Gasteiger partial charge < -0.3 is 9.84 Å². The number of Topliss-reactive ketones (excluding diaryl/α,β-unsaturated/α-hetero) is 1. The highest BCUT2D eigenvalue weighted by molar-refractivity contribution is 7.14. The topological polar surface area (TPSA) is 123 Å². The number of nitro groups is 1. The lowest BCUT2D eigenvalue weighted by Gasteiger charge is -2.23. The average Bonchev–Trinajstić information content (AvgIpc) is 3.40. The first-order valence-electron chi connectivity index (χ1n) is 9.01. The smallest absolute Gasteiger partial charge is 0.301 e. The van der Waals surface area contributed by atoms with Gasteiger partial charge in [-0.3, -0.25) is 24.6 Å². The van der Waals surface area contributed by atoms with Crippen LogP contribution in [0.4, 0.5) is 10.8 Å². The zero-order valence-corrected chi connectivity index (χ0v) is 16.9. The van der Waals surface area contributed by atoms with Crippen molar-refractivity contribution >= 4 is 39.6 Å². The van der Waals surface area contributed by atoms with E-state index >= 15 is 0 Å². The van der Waals surface area contributed by atoms with Crippen molar-refractivity contribution in [2.75, 3.05) is 12.0 Å². The van der Waals surface area contributed by atoms with Crippen LogP contribution in [0.2, 0.25) is 0 Å². The third kappa shape index (κ3) is 3.53. The number of ether oxygens (including phenoxy) is 1. The molecule has 0 spiro atoms. The maximum Gasteiger partial charge on any atom is 0.301 e. The lowest BCUT2D eigenvalue weighted by atomic mass is 9.95. The van der Waals surface area contributed by atoms with Crippen LogP contribution in [0.25, 0.3) is 5.76 Å². The van der Waals surface area contributed by atoms with Crippen molar-refractivity contribution in [1.29, 1.82) is 0 Å². The lowest BCUT2D eigenvalue weighted by molar-refractivity contribution is -0.384. The van der Waals surface area contributed by atoms with Gasteiger partial charge in [0.15, 0.2) is 5.13 Å². The Hall–Kier alpha value is -4.05. The van der Waals surface area contributed by atoms with E-state index in [0.717, 1.165) is 0 Å². The van der Waals surface area contributed by atoms with Gasteiger partial charge in [-0.05, 0) is 29.8 Å². The van der Waals surface area contributed by atoms with E-state index in [-0.39, 0.29) is 16.8 Å². The second-order valence-electron chi connectivity index (χ2n) is 6.56. The van der Waals surface area contributed by atoms with E-state index in [4.69, 9.17) is 4.74 Å². The van der Waals surface area contributed by atoms with Crippen LogP contribution in [0, 0.1) is 10.1 Å². The van der Waals surface area contributed by atoms with Crippen LogP contribution in [0.15, 0.2) is 65.7 Å². The Labute approximate surface area is 180 Å². The molecule has 2 aromatic carbocycles. The molecule has 0 bridgehead atoms. The average molecular weight is 437 g/mol. The van der Waals surface area contributed by atoms with Crippen LogP contribution in [-0.4, -0.2) is 33.8 Å². The number of hydrogen-bond donors (Lipinski definition) is 1. The third-order valence-electron chi connectivity index (χ3n) is 4.85. The Morgan fingerprint density at radius 1 is 1.16 bits per heavy atom. The highest BCUT2D eigenvalue weighted by atomic mass is 32.1. The SMILES string of the molecule is COc1ccc([C@H]2C(=C(O)c3ccc([N+](=O)[O-])cc3)C(=O)C(=O)N2c2nccs2)cc1. The van der Waals surface area contributed by atoms with E-state index < -0.39 is 28.4 Å². The maximum atomic E-state index is 12.9. The van der Waals surface area contributed by atoms with E-state index in [0.29, 0.717) is 16.4 Å². The summed E-state index contributed by atoms with van der Waals surface area (Å²) in [4.78, 5) is 41.6. The number of non-ortho nitro benzene ring substituents is 1. The van der Waals surface area contributed by atoms with Gasteiger partial charge >= 0.3 is 5.91 Å². The standard InChI is InChI=1S/C21H15N3O6S/c1-30-15-8-4-12(5-9-15)17-16(18(25)13-2-6-14(7-3-13)24(28)29)19(26)20(27)23(17)21-22-10-11-31-21/h2-11,17,25H,1H3/t17-/m0/s1. The Morgan fingerprint density at radius 3 is 2.39 bits per heavy atom. The number of aliphatic hydroxyl groups is 1. The van der Waals surface area contributed by atoms with Crippen molar-refractivity contribution in [3.8, 4) is 5.75 Å². The zero-order valence-electron chi connectivity index (χ0n) is 16.1. The normalized spacial score (nSPS) is 17.7. The van der Waals surface area contributed by atoms with Gasteiger partial charge in [-0.1, -0.05) is 12.1 Å². The number of amides is 1. The number of rotatable bonds is 5. The minimum atomic E-state index is -0.924. The number of nitro benzene ring substituents is 1. The minimum absolute atomic E-state index is 0.126. The molecule has 1 aromatic heterocycles. The lowest BCUT2D eigenvalue weighted by Crippen LogP contribution is -2.29. The van der Waals surface area contributed by atoms with E-state index in [1.165, 1.54) is 53.8 Å². The van der Waals surface area contributed by atoms with E-state index in [1.54, 1.807) is 29.6 Å². The number of aromatic nitrogens is 1. The molecule has 0 radical (unpaired) electrons. The molecule has 1 aliphatic rings. The number of carbonyl (C=O) groups excluding carboxylic acids is 2. The summed E-state index contributed by atoms with van der Waals surface area (Å²) in [5.74, 6) is -1.52. The second kappa shape index (κ2) is 8.00. The molecule has 4 rings (SSSR count). The molecule has 3 aromatic rings. The van der Waals surface area contributed by atoms with Crippen LogP contribution < -0.4 is 9.64 Å². The quantitative estimate of drug-likeness (QED) is 0.212. The van der Waals surface area contributed by atoms with Crippen molar-refractivity contribution in [1.82, 2.24) is 4.98 Å². The molecule has 156 valence electrons. The molecule has 1 atom stereocenters. The molecule has 0 unspecified atom stereocenters. The highest BCUT2D eigenvalue weighted by Gasteiger charge is 2.48. The third-order valence-corrected chi connectivity index (χ3v) is 5.62. The number of thiazole rings is 1. The van der Waals surface area contributed by atoms with Crippen molar-refractivity contribution < 1.29 is 24.4 Å². The molecular weight excluding hydrogens is 422 g/mol. The van der Waals surface area contributed by atoms with E-state index in [2.05, 4.69) is 4.98 Å². The predicted octanol–water partition coefficient (Wildman–Crippen LogP) is 3.69. The summed E-state index contributed by atoms with van der Waals surface area (Å²) in [5, 5.41) is 23.8. The van der Waals surface area contributed by atoms with Crippen molar-refractivity contribution in [2.24, 2.45) is 0 Å². The molecular formula is C21H15N3O6S.